The van der Waals surface area contributed by atoms with Crippen LogP contribution in [-0.4, -0.2) is 16.1 Å². The van der Waals surface area contributed by atoms with E-state index in [1.807, 2.05) is 0 Å². The van der Waals surface area contributed by atoms with E-state index < -0.39 is 5.97 Å². The Kier molecular flexibility index (Phi) is 5.71. The van der Waals surface area contributed by atoms with Gasteiger partial charge in [-0.05, 0) is 28.7 Å². The lowest BCUT2D eigenvalue weighted by Gasteiger charge is -2.19. The molecule has 3 nitrogen and oxygen atoms in total. The summed E-state index contributed by atoms with van der Waals surface area (Å²) in [4.78, 5) is 16.1. The maximum atomic E-state index is 11.3. The number of hydrogen-bond donors (Lipinski definition) is 1. The number of carbonyl (C=O) groups is 1. The molecule has 0 aliphatic carbocycles. The molecular formula is C18H20ClNO2S. The molecule has 0 unspecified atom stereocenters. The summed E-state index contributed by atoms with van der Waals surface area (Å²) in [7, 11) is 0. The monoisotopic (exact) mass is 349 g/mol. The van der Waals surface area contributed by atoms with Crippen LogP contribution in [0.5, 0.6) is 0 Å². The van der Waals surface area contributed by atoms with Crippen LogP contribution in [-0.2, 0) is 17.0 Å². The zero-order valence-corrected chi connectivity index (χ0v) is 15.0. The number of rotatable bonds is 5. The Morgan fingerprint density at radius 2 is 1.83 bits per heavy atom. The van der Waals surface area contributed by atoms with Crippen LogP contribution >= 0.6 is 23.4 Å². The molecule has 0 spiro atoms. The molecular weight excluding hydrogens is 330 g/mol. The lowest BCUT2D eigenvalue weighted by Crippen LogP contribution is -2.10. The quantitative estimate of drug-likeness (QED) is 0.602. The standard InChI is InChI=1S/C18H20ClNO2S/c1-18(2,3)13-6-4-12(5-7-13)11-23-15-9-8-14(10-19)20-16(15)17(21)22/h4-9H,10-11H2,1-3H3,(H,21,22). The lowest BCUT2D eigenvalue weighted by atomic mass is 9.87. The van der Waals surface area contributed by atoms with E-state index in [2.05, 4.69) is 50.0 Å². The molecule has 1 N–H and O–H groups in total. The summed E-state index contributed by atoms with van der Waals surface area (Å²) >= 11 is 7.19. The number of aromatic carboxylic acids is 1. The molecule has 0 aliphatic heterocycles. The van der Waals surface area contributed by atoms with Crippen LogP contribution in [0.15, 0.2) is 41.3 Å². The topological polar surface area (TPSA) is 50.2 Å². The first kappa shape index (κ1) is 17.8. The van der Waals surface area contributed by atoms with Crippen molar-refractivity contribution in [2.24, 2.45) is 0 Å². The number of hydrogen-bond acceptors (Lipinski definition) is 3. The highest BCUT2D eigenvalue weighted by atomic mass is 35.5. The third-order valence-corrected chi connectivity index (χ3v) is 4.86. The summed E-state index contributed by atoms with van der Waals surface area (Å²) in [5, 5.41) is 9.29. The molecule has 0 fully saturated rings. The molecule has 0 radical (unpaired) electrons. The van der Waals surface area contributed by atoms with Crippen molar-refractivity contribution in [1.29, 1.82) is 0 Å². The second kappa shape index (κ2) is 7.37. The molecule has 5 heteroatoms. The number of aromatic nitrogens is 1. The van der Waals surface area contributed by atoms with Crippen molar-refractivity contribution in [3.8, 4) is 0 Å². The van der Waals surface area contributed by atoms with Gasteiger partial charge in [0.05, 0.1) is 11.6 Å². The van der Waals surface area contributed by atoms with E-state index in [9.17, 15) is 9.90 Å². The van der Waals surface area contributed by atoms with Gasteiger partial charge in [-0.1, -0.05) is 45.0 Å². The van der Waals surface area contributed by atoms with Gasteiger partial charge in [-0.25, -0.2) is 9.78 Å². The first-order chi connectivity index (χ1) is 10.8. The Morgan fingerprint density at radius 3 is 2.35 bits per heavy atom. The largest absolute Gasteiger partial charge is 0.476 e. The number of nitrogens with zero attached hydrogens (tertiary/aromatic N) is 1. The van der Waals surface area contributed by atoms with Crippen LogP contribution in [0.2, 0.25) is 0 Å². The zero-order chi connectivity index (χ0) is 17.0. The molecule has 1 aromatic carbocycles. The Balaban J connectivity index is 2.13. The average molecular weight is 350 g/mol. The second-order valence-electron chi connectivity index (χ2n) is 6.32. The van der Waals surface area contributed by atoms with E-state index in [1.165, 1.54) is 17.3 Å². The highest BCUT2D eigenvalue weighted by Crippen LogP contribution is 2.28. The number of alkyl halides is 1. The van der Waals surface area contributed by atoms with E-state index in [0.29, 0.717) is 16.3 Å². The summed E-state index contributed by atoms with van der Waals surface area (Å²) in [5.41, 5.74) is 3.21. The zero-order valence-electron chi connectivity index (χ0n) is 13.5. The summed E-state index contributed by atoms with van der Waals surface area (Å²) in [6.45, 7) is 6.54. The van der Waals surface area contributed by atoms with E-state index in [0.717, 1.165) is 5.56 Å². The third kappa shape index (κ3) is 4.72. The molecule has 0 bridgehead atoms. The van der Waals surface area contributed by atoms with Crippen LogP contribution in [0.1, 0.15) is 48.1 Å². The van der Waals surface area contributed by atoms with Crippen molar-refractivity contribution >= 4 is 29.3 Å². The molecule has 122 valence electrons. The number of thioether (sulfide) groups is 1. The SMILES string of the molecule is CC(C)(C)c1ccc(CSc2ccc(CCl)nc2C(=O)O)cc1. The average Bonchev–Trinajstić information content (AvgIpc) is 2.52. The van der Waals surface area contributed by atoms with Gasteiger partial charge in [-0.3, -0.25) is 0 Å². The van der Waals surface area contributed by atoms with E-state index in [-0.39, 0.29) is 17.0 Å². The van der Waals surface area contributed by atoms with Gasteiger partial charge in [0.1, 0.15) is 0 Å². The number of carboxylic acids is 1. The van der Waals surface area contributed by atoms with E-state index in [1.54, 1.807) is 12.1 Å². The molecule has 2 aromatic rings. The molecule has 1 heterocycles. The van der Waals surface area contributed by atoms with Crippen molar-refractivity contribution in [1.82, 2.24) is 4.98 Å². The normalized spacial score (nSPS) is 11.5. The van der Waals surface area contributed by atoms with Crippen LogP contribution < -0.4 is 0 Å². The van der Waals surface area contributed by atoms with Crippen molar-refractivity contribution in [3.05, 3.63) is 58.9 Å². The first-order valence-corrected chi connectivity index (χ1v) is 8.84. The number of benzene rings is 1. The van der Waals surface area contributed by atoms with E-state index >= 15 is 0 Å². The molecule has 23 heavy (non-hydrogen) atoms. The maximum Gasteiger partial charge on any atom is 0.355 e. The van der Waals surface area contributed by atoms with Gasteiger partial charge >= 0.3 is 5.97 Å². The maximum absolute atomic E-state index is 11.3. The Hall–Kier alpha value is -1.52. The van der Waals surface area contributed by atoms with Crippen molar-refractivity contribution in [2.45, 2.75) is 42.7 Å². The van der Waals surface area contributed by atoms with Gasteiger partial charge in [0.15, 0.2) is 5.69 Å². The predicted molar refractivity (Wildman–Crippen MR) is 95.5 cm³/mol. The minimum absolute atomic E-state index is 0.0689. The van der Waals surface area contributed by atoms with Crippen LogP contribution in [0.3, 0.4) is 0 Å². The summed E-state index contributed by atoms with van der Waals surface area (Å²) in [6, 6.07) is 12.0. The Bertz CT molecular complexity index is 693. The number of halogens is 1. The molecule has 0 aliphatic rings. The van der Waals surface area contributed by atoms with Crippen molar-refractivity contribution < 1.29 is 9.90 Å². The first-order valence-electron chi connectivity index (χ1n) is 7.32. The Labute approximate surface area is 146 Å². The molecule has 1 aromatic heterocycles. The van der Waals surface area contributed by atoms with Gasteiger partial charge in [0.25, 0.3) is 0 Å². The third-order valence-electron chi connectivity index (χ3n) is 3.47. The van der Waals surface area contributed by atoms with Crippen molar-refractivity contribution in [3.63, 3.8) is 0 Å². The summed E-state index contributed by atoms with van der Waals surface area (Å²) < 4.78 is 0. The van der Waals surface area contributed by atoms with Crippen molar-refractivity contribution in [2.75, 3.05) is 0 Å². The highest BCUT2D eigenvalue weighted by Gasteiger charge is 2.15. The van der Waals surface area contributed by atoms with Gasteiger partial charge in [-0.15, -0.1) is 23.4 Å². The van der Waals surface area contributed by atoms with Gasteiger partial charge in [0, 0.05) is 10.6 Å². The van der Waals surface area contributed by atoms with Gasteiger partial charge in [-0.2, -0.15) is 0 Å². The van der Waals surface area contributed by atoms with Gasteiger partial charge in [0.2, 0.25) is 0 Å². The molecule has 2 rings (SSSR count). The van der Waals surface area contributed by atoms with Crippen LogP contribution in [0, 0.1) is 0 Å². The van der Waals surface area contributed by atoms with Crippen LogP contribution in [0.4, 0.5) is 0 Å². The Morgan fingerprint density at radius 1 is 1.17 bits per heavy atom. The smallest absolute Gasteiger partial charge is 0.355 e. The van der Waals surface area contributed by atoms with E-state index in [4.69, 9.17) is 11.6 Å². The molecule has 0 atom stereocenters. The number of carboxylic acid groups (broad SMARTS) is 1. The molecule has 0 saturated heterocycles. The fraction of sp³-hybridized carbons (Fsp3) is 0.333. The minimum Gasteiger partial charge on any atom is -0.476 e. The van der Waals surface area contributed by atoms with Crippen LogP contribution in [0.25, 0.3) is 0 Å². The minimum atomic E-state index is -1.03. The highest BCUT2D eigenvalue weighted by molar-refractivity contribution is 7.98. The summed E-state index contributed by atoms with van der Waals surface area (Å²) in [6.07, 6.45) is 0. The van der Waals surface area contributed by atoms with Gasteiger partial charge < -0.3 is 5.11 Å². The lowest BCUT2D eigenvalue weighted by molar-refractivity contribution is 0.0686. The summed E-state index contributed by atoms with van der Waals surface area (Å²) in [5.74, 6) is -0.117. The predicted octanol–water partition coefficient (Wildman–Crippen LogP) is 5.11. The fourth-order valence-corrected chi connectivity index (χ4v) is 3.19. The molecule has 0 saturated carbocycles. The molecule has 0 amide bonds. The number of pyridine rings is 1. The second-order valence-corrected chi connectivity index (χ2v) is 7.61. The fourth-order valence-electron chi connectivity index (χ4n) is 2.09.